The zero-order valence-corrected chi connectivity index (χ0v) is 40.4. The van der Waals surface area contributed by atoms with Gasteiger partial charge in [0.25, 0.3) is 0 Å². The summed E-state index contributed by atoms with van der Waals surface area (Å²) < 4.78 is 34.4. The molecule has 0 saturated carbocycles. The Morgan fingerprint density at radius 3 is 1.29 bits per heavy atom. The van der Waals surface area contributed by atoms with E-state index in [4.69, 9.17) is 18.5 Å². The first-order valence-electron chi connectivity index (χ1n) is 24.9. The number of carbonyl (C=O) groups excluding carboxylic acids is 2. The lowest BCUT2D eigenvalue weighted by molar-refractivity contribution is -0.870. The van der Waals surface area contributed by atoms with Crippen LogP contribution in [-0.2, 0) is 32.7 Å². The van der Waals surface area contributed by atoms with Crippen molar-refractivity contribution >= 4 is 19.8 Å². The third-order valence-corrected chi connectivity index (χ3v) is 12.0. The van der Waals surface area contributed by atoms with Crippen molar-refractivity contribution in [2.75, 3.05) is 47.5 Å². The first-order valence-corrected chi connectivity index (χ1v) is 26.4. The molecule has 9 nitrogen and oxygen atoms in total. The summed E-state index contributed by atoms with van der Waals surface area (Å²) in [4.78, 5) is 35.4. The first kappa shape index (κ1) is 57.8. The topological polar surface area (TPSA) is 108 Å². The highest BCUT2D eigenvalue weighted by molar-refractivity contribution is 7.47. The van der Waals surface area contributed by atoms with Crippen LogP contribution in [0.5, 0.6) is 0 Å². The smallest absolute Gasteiger partial charge is 0.462 e. The molecule has 0 aromatic carbocycles. The highest BCUT2D eigenvalue weighted by Gasteiger charge is 2.27. The maximum Gasteiger partial charge on any atom is 0.472 e. The van der Waals surface area contributed by atoms with Gasteiger partial charge in [0.05, 0.1) is 27.7 Å². The summed E-state index contributed by atoms with van der Waals surface area (Å²) in [6, 6.07) is 0. The maximum absolute atomic E-state index is 12.7. The van der Waals surface area contributed by atoms with E-state index in [0.717, 1.165) is 51.4 Å². The van der Waals surface area contributed by atoms with Gasteiger partial charge in [-0.25, -0.2) is 4.57 Å². The molecule has 0 radical (unpaired) electrons. The molecule has 0 aliphatic heterocycles. The molecule has 2 unspecified atom stereocenters. The van der Waals surface area contributed by atoms with Crippen LogP contribution in [0.4, 0.5) is 0 Å². The Morgan fingerprint density at radius 1 is 0.508 bits per heavy atom. The second-order valence-corrected chi connectivity index (χ2v) is 19.7. The third kappa shape index (κ3) is 46.1. The van der Waals surface area contributed by atoms with E-state index in [0.29, 0.717) is 23.9 Å². The van der Waals surface area contributed by atoms with E-state index in [1.165, 1.54) is 154 Å². The molecule has 1 N–H and O–H groups in total. The van der Waals surface area contributed by atoms with E-state index in [-0.39, 0.29) is 25.6 Å². The lowest BCUT2D eigenvalue weighted by Gasteiger charge is -2.24. The van der Waals surface area contributed by atoms with Gasteiger partial charge in [0, 0.05) is 12.8 Å². The molecule has 59 heavy (non-hydrogen) atoms. The van der Waals surface area contributed by atoms with Crippen LogP contribution < -0.4 is 0 Å². The van der Waals surface area contributed by atoms with Crippen LogP contribution >= 0.6 is 7.82 Å². The van der Waals surface area contributed by atoms with E-state index in [1.807, 2.05) is 21.1 Å². The molecule has 0 bridgehead atoms. The summed E-state index contributed by atoms with van der Waals surface area (Å²) >= 11 is 0. The summed E-state index contributed by atoms with van der Waals surface area (Å²) in [7, 11) is 1.48. The van der Waals surface area contributed by atoms with Crippen LogP contribution in [0.3, 0.4) is 0 Å². The lowest BCUT2D eigenvalue weighted by Crippen LogP contribution is -2.37. The number of quaternary nitrogens is 1. The molecule has 10 heteroatoms. The number of phosphoric acid groups is 1. The highest BCUT2D eigenvalue weighted by Crippen LogP contribution is 2.43. The third-order valence-electron chi connectivity index (χ3n) is 11.0. The van der Waals surface area contributed by atoms with E-state index >= 15 is 0 Å². The average Bonchev–Trinajstić information content (AvgIpc) is 3.19. The van der Waals surface area contributed by atoms with Crippen molar-refractivity contribution in [3.63, 3.8) is 0 Å². The van der Waals surface area contributed by atoms with Gasteiger partial charge in [-0.15, -0.1) is 0 Å². The summed E-state index contributed by atoms with van der Waals surface area (Å²) in [6.45, 7) is 4.43. The SMILES string of the molecule is CCCCC/C=C\CCCCCCCC(=O)OC(COC(=O)CCCCCCCCCCCCCCCCCCCCCCCCC)COP(=O)(O)OCC[N+](C)(C)C. The molecule has 0 saturated heterocycles. The predicted octanol–water partition coefficient (Wildman–Crippen LogP) is 14.5. The molecule has 2 atom stereocenters. The van der Waals surface area contributed by atoms with E-state index in [2.05, 4.69) is 26.0 Å². The van der Waals surface area contributed by atoms with Gasteiger partial charge < -0.3 is 18.9 Å². The minimum atomic E-state index is -4.37. The first-order chi connectivity index (χ1) is 28.5. The molecule has 0 amide bonds. The molecule has 0 heterocycles. The number of hydrogen-bond donors (Lipinski definition) is 1. The molecule has 350 valence electrons. The normalized spacial score (nSPS) is 13.5. The molecule has 0 aromatic heterocycles. The fourth-order valence-corrected chi connectivity index (χ4v) is 7.87. The Kier molecular flexibility index (Phi) is 41.2. The molecule has 0 spiro atoms. The Hall–Kier alpha value is -1.25. The van der Waals surface area contributed by atoms with Gasteiger partial charge in [0.15, 0.2) is 6.10 Å². The Labute approximate surface area is 365 Å². The monoisotopic (exact) mass is 859 g/mol. The van der Waals surface area contributed by atoms with Gasteiger partial charge >= 0.3 is 19.8 Å². The van der Waals surface area contributed by atoms with Crippen molar-refractivity contribution in [3.05, 3.63) is 12.2 Å². The lowest BCUT2D eigenvalue weighted by atomic mass is 10.0. The van der Waals surface area contributed by atoms with Crippen LogP contribution in [0.2, 0.25) is 0 Å². The molecule has 0 aliphatic rings. The van der Waals surface area contributed by atoms with Gasteiger partial charge in [-0.05, 0) is 38.5 Å². The summed E-state index contributed by atoms with van der Waals surface area (Å²) in [5.41, 5.74) is 0. The largest absolute Gasteiger partial charge is 0.472 e. The molecule has 0 fully saturated rings. The van der Waals surface area contributed by atoms with E-state index in [9.17, 15) is 19.0 Å². The summed E-state index contributed by atoms with van der Waals surface area (Å²) in [5.74, 6) is -0.796. The summed E-state index contributed by atoms with van der Waals surface area (Å²) in [6.07, 6.45) is 45.6. The number of unbranched alkanes of at least 4 members (excludes halogenated alkanes) is 30. The zero-order valence-electron chi connectivity index (χ0n) is 39.5. The van der Waals surface area contributed by atoms with Crippen molar-refractivity contribution in [2.45, 2.75) is 245 Å². The maximum atomic E-state index is 12.7. The average molecular weight is 859 g/mol. The number of esters is 2. The van der Waals surface area contributed by atoms with Crippen molar-refractivity contribution < 1.29 is 42.1 Å². The van der Waals surface area contributed by atoms with Gasteiger partial charge in [0.2, 0.25) is 0 Å². The molecular weight excluding hydrogens is 762 g/mol. The van der Waals surface area contributed by atoms with Crippen molar-refractivity contribution in [1.29, 1.82) is 0 Å². The zero-order chi connectivity index (χ0) is 43.6. The fraction of sp³-hybridized carbons (Fsp3) is 0.918. The number of rotatable bonds is 46. The van der Waals surface area contributed by atoms with Gasteiger partial charge in [-0.1, -0.05) is 199 Å². The molecule has 0 aliphatic carbocycles. The van der Waals surface area contributed by atoms with E-state index in [1.54, 1.807) is 0 Å². The number of likely N-dealkylation sites (N-methyl/N-ethyl adjacent to an activating group) is 1. The second kappa shape index (κ2) is 42.1. The van der Waals surface area contributed by atoms with Gasteiger partial charge in [-0.3, -0.25) is 18.6 Å². The minimum absolute atomic E-state index is 0.0333. The number of nitrogens with zero attached hydrogens (tertiary/aromatic N) is 1. The van der Waals surface area contributed by atoms with Gasteiger partial charge in [0.1, 0.15) is 19.8 Å². The Bertz CT molecular complexity index is 1020. The van der Waals surface area contributed by atoms with Crippen LogP contribution in [0.1, 0.15) is 239 Å². The van der Waals surface area contributed by atoms with Crippen molar-refractivity contribution in [1.82, 2.24) is 0 Å². The molecular formula is C49H97NO8P+. The van der Waals surface area contributed by atoms with Crippen molar-refractivity contribution in [3.8, 4) is 0 Å². The highest BCUT2D eigenvalue weighted by atomic mass is 31.2. The second-order valence-electron chi connectivity index (χ2n) is 18.2. The quantitative estimate of drug-likeness (QED) is 0.0212. The fourth-order valence-electron chi connectivity index (χ4n) is 7.13. The van der Waals surface area contributed by atoms with E-state index < -0.39 is 26.5 Å². The number of phosphoric ester groups is 1. The number of allylic oxidation sites excluding steroid dienone is 2. The van der Waals surface area contributed by atoms with Crippen LogP contribution in [0.25, 0.3) is 0 Å². The minimum Gasteiger partial charge on any atom is -0.462 e. The van der Waals surface area contributed by atoms with Crippen LogP contribution in [-0.4, -0.2) is 74.9 Å². The Balaban J connectivity index is 4.14. The van der Waals surface area contributed by atoms with Crippen LogP contribution in [0, 0.1) is 0 Å². The standard InChI is InChI=1S/C49H96NO8P/c1-6-8-10-12-14-16-18-20-21-22-23-24-25-26-27-28-29-30-32-33-35-37-39-41-48(51)55-45-47(46-57-59(53,54)56-44-43-50(3,4)5)58-49(52)42-40-38-36-34-31-19-17-15-13-11-9-7-2/h15,17,47H,6-14,16,18-46H2,1-5H3/p+1/b17-15-. The van der Waals surface area contributed by atoms with Crippen LogP contribution in [0.15, 0.2) is 12.2 Å². The summed E-state index contributed by atoms with van der Waals surface area (Å²) in [5, 5.41) is 0. The predicted molar refractivity (Wildman–Crippen MR) is 248 cm³/mol. The number of ether oxygens (including phenoxy) is 2. The number of carbonyl (C=O) groups is 2. The van der Waals surface area contributed by atoms with Gasteiger partial charge in [-0.2, -0.15) is 0 Å². The molecule has 0 aromatic rings. The van der Waals surface area contributed by atoms with Crippen molar-refractivity contribution in [2.24, 2.45) is 0 Å². The Morgan fingerprint density at radius 2 is 0.864 bits per heavy atom. The number of hydrogen-bond acceptors (Lipinski definition) is 7. The molecule has 0 rings (SSSR count).